The van der Waals surface area contributed by atoms with Crippen molar-refractivity contribution in [2.45, 2.75) is 64.9 Å². The van der Waals surface area contributed by atoms with Crippen LogP contribution in [0, 0.1) is 0 Å². The fourth-order valence-electron chi connectivity index (χ4n) is 1.88. The minimum absolute atomic E-state index is 0.384. The second-order valence-corrected chi connectivity index (χ2v) is 5.06. The summed E-state index contributed by atoms with van der Waals surface area (Å²) >= 11 is 0. The quantitative estimate of drug-likeness (QED) is 0.376. The molecule has 0 aromatic carbocycles. The molecule has 2 N–H and O–H groups in total. The summed E-state index contributed by atoms with van der Waals surface area (Å²) in [4.78, 5) is 0. The smallest absolute Gasteiger partial charge is 0.0897 e. The first-order valence-corrected chi connectivity index (χ1v) is 7.89. The molecule has 0 radical (unpaired) electrons. The van der Waals surface area contributed by atoms with Gasteiger partial charge in [0.15, 0.2) is 0 Å². The van der Waals surface area contributed by atoms with Crippen LogP contribution in [0.25, 0.3) is 0 Å². The summed E-state index contributed by atoms with van der Waals surface area (Å²) < 4.78 is 5.48. The third kappa shape index (κ3) is 15.6. The largest absolute Gasteiger partial charge is 0.389 e. The van der Waals surface area contributed by atoms with Gasteiger partial charge in [-0.2, -0.15) is 0 Å². The number of ether oxygens (including phenoxy) is 1. The van der Waals surface area contributed by atoms with Crippen molar-refractivity contribution in [2.24, 2.45) is 0 Å². The van der Waals surface area contributed by atoms with Gasteiger partial charge in [-0.15, -0.1) is 0 Å². The predicted molar refractivity (Wildman–Crippen MR) is 82.5 cm³/mol. The molecule has 0 fully saturated rings. The van der Waals surface area contributed by atoms with Crippen LogP contribution >= 0.6 is 0 Å². The molecule has 3 heteroatoms. The second-order valence-electron chi connectivity index (χ2n) is 5.06. The molecule has 0 aliphatic carbocycles. The lowest BCUT2D eigenvalue weighted by Crippen LogP contribution is -2.31. The molecule has 1 unspecified atom stereocenters. The minimum atomic E-state index is -0.384. The van der Waals surface area contributed by atoms with Crippen LogP contribution < -0.4 is 5.32 Å². The van der Waals surface area contributed by atoms with Crippen LogP contribution in [0.2, 0.25) is 0 Å². The number of nitrogens with one attached hydrogen (secondary N) is 1. The van der Waals surface area contributed by atoms with Crippen LogP contribution in [0.15, 0.2) is 12.2 Å². The van der Waals surface area contributed by atoms with E-state index in [4.69, 9.17) is 4.74 Å². The van der Waals surface area contributed by atoms with Gasteiger partial charge in [-0.1, -0.05) is 51.2 Å². The van der Waals surface area contributed by atoms with Crippen LogP contribution in [-0.4, -0.2) is 37.5 Å². The van der Waals surface area contributed by atoms with E-state index in [1.165, 1.54) is 32.1 Å². The molecular formula is C16H33NO2. The van der Waals surface area contributed by atoms with Crippen LogP contribution in [-0.2, 0) is 4.74 Å². The van der Waals surface area contributed by atoms with Crippen LogP contribution in [0.4, 0.5) is 0 Å². The first-order valence-electron chi connectivity index (χ1n) is 7.89. The molecule has 0 heterocycles. The van der Waals surface area contributed by atoms with E-state index in [0.717, 1.165) is 26.0 Å². The lowest BCUT2D eigenvalue weighted by atomic mass is 10.1. The summed E-state index contributed by atoms with van der Waals surface area (Å²) in [5.74, 6) is 0. The van der Waals surface area contributed by atoms with Gasteiger partial charge in [-0.3, -0.25) is 0 Å². The zero-order chi connectivity index (χ0) is 14.2. The topological polar surface area (TPSA) is 41.5 Å². The summed E-state index contributed by atoms with van der Waals surface area (Å²) in [7, 11) is 0. The van der Waals surface area contributed by atoms with Crippen molar-refractivity contribution in [3.05, 3.63) is 12.2 Å². The molecule has 0 aromatic heterocycles. The van der Waals surface area contributed by atoms with Crippen LogP contribution in [0.3, 0.4) is 0 Å². The van der Waals surface area contributed by atoms with Gasteiger partial charge in [0.2, 0.25) is 0 Å². The summed E-state index contributed by atoms with van der Waals surface area (Å²) in [5.41, 5.74) is 0. The van der Waals surface area contributed by atoms with E-state index in [1.54, 1.807) is 0 Å². The third-order valence-electron chi connectivity index (χ3n) is 3.06. The Kier molecular flexibility index (Phi) is 15.4. The normalized spacial score (nSPS) is 13.2. The summed E-state index contributed by atoms with van der Waals surface area (Å²) in [6.07, 6.45) is 12.5. The Hall–Kier alpha value is -0.380. The maximum Gasteiger partial charge on any atom is 0.0897 e. The Morgan fingerprint density at radius 1 is 1.16 bits per heavy atom. The second kappa shape index (κ2) is 15.7. The first-order chi connectivity index (χ1) is 9.31. The average molecular weight is 271 g/mol. The Morgan fingerprint density at radius 2 is 1.89 bits per heavy atom. The van der Waals surface area contributed by atoms with E-state index in [2.05, 4.69) is 18.3 Å². The summed E-state index contributed by atoms with van der Waals surface area (Å²) in [5, 5.41) is 12.9. The highest BCUT2D eigenvalue weighted by Gasteiger charge is 2.02. The molecule has 0 amide bonds. The fraction of sp³-hybridized carbons (Fsp3) is 0.875. The number of aliphatic hydroxyl groups is 1. The Labute approximate surface area is 119 Å². The van der Waals surface area contributed by atoms with Gasteiger partial charge in [0.25, 0.3) is 0 Å². The highest BCUT2D eigenvalue weighted by Crippen LogP contribution is 2.04. The van der Waals surface area contributed by atoms with E-state index >= 15 is 0 Å². The van der Waals surface area contributed by atoms with Gasteiger partial charge in [0.1, 0.15) is 0 Å². The molecule has 1 atom stereocenters. The molecule has 0 bridgehead atoms. The molecule has 19 heavy (non-hydrogen) atoms. The molecule has 0 saturated heterocycles. The van der Waals surface area contributed by atoms with Crippen molar-refractivity contribution in [2.75, 3.05) is 26.3 Å². The SMILES string of the molecule is C/C=C/CCNCC(O)COCCCCCCCC. The van der Waals surface area contributed by atoms with Crippen molar-refractivity contribution in [3.8, 4) is 0 Å². The van der Waals surface area contributed by atoms with Crippen molar-refractivity contribution >= 4 is 0 Å². The molecule has 0 aliphatic heterocycles. The van der Waals surface area contributed by atoms with E-state index in [9.17, 15) is 5.11 Å². The Bertz CT molecular complexity index is 195. The van der Waals surface area contributed by atoms with Crippen molar-refractivity contribution in [3.63, 3.8) is 0 Å². The van der Waals surface area contributed by atoms with Gasteiger partial charge in [0.05, 0.1) is 12.7 Å². The zero-order valence-electron chi connectivity index (χ0n) is 12.9. The molecule has 0 aromatic rings. The highest BCUT2D eigenvalue weighted by molar-refractivity contribution is 4.77. The molecule has 0 rings (SSSR count). The number of hydrogen-bond acceptors (Lipinski definition) is 3. The standard InChI is InChI=1S/C16H33NO2/c1-3-5-7-8-9-11-13-19-15-16(18)14-17-12-10-6-4-2/h4,6,16-18H,3,5,7-15H2,1-2H3/b6-4+. The van der Waals surface area contributed by atoms with Crippen LogP contribution in [0.5, 0.6) is 0 Å². The molecule has 3 nitrogen and oxygen atoms in total. The van der Waals surface area contributed by atoms with E-state index < -0.39 is 0 Å². The predicted octanol–water partition coefficient (Wildman–Crippen LogP) is 3.28. The van der Waals surface area contributed by atoms with Crippen molar-refractivity contribution in [1.29, 1.82) is 0 Å². The third-order valence-corrected chi connectivity index (χ3v) is 3.06. The van der Waals surface area contributed by atoms with Gasteiger partial charge in [0, 0.05) is 13.2 Å². The average Bonchev–Trinajstić information content (AvgIpc) is 2.41. The van der Waals surface area contributed by atoms with E-state index in [1.807, 2.05) is 13.0 Å². The maximum atomic E-state index is 9.67. The van der Waals surface area contributed by atoms with Crippen molar-refractivity contribution < 1.29 is 9.84 Å². The molecular weight excluding hydrogens is 238 g/mol. The number of hydrogen-bond donors (Lipinski definition) is 2. The minimum Gasteiger partial charge on any atom is -0.389 e. The highest BCUT2D eigenvalue weighted by atomic mass is 16.5. The first kappa shape index (κ1) is 18.6. The van der Waals surface area contributed by atoms with E-state index in [-0.39, 0.29) is 6.10 Å². The van der Waals surface area contributed by atoms with Crippen LogP contribution in [0.1, 0.15) is 58.8 Å². The van der Waals surface area contributed by atoms with Gasteiger partial charge >= 0.3 is 0 Å². The van der Waals surface area contributed by atoms with Crippen molar-refractivity contribution in [1.82, 2.24) is 5.32 Å². The molecule has 114 valence electrons. The Balaban J connectivity index is 3.13. The van der Waals surface area contributed by atoms with Gasteiger partial charge in [-0.25, -0.2) is 0 Å². The molecule has 0 spiro atoms. The number of rotatable bonds is 14. The molecule has 0 aliphatic rings. The number of aliphatic hydroxyl groups excluding tert-OH is 1. The van der Waals surface area contributed by atoms with Gasteiger partial charge in [-0.05, 0) is 26.3 Å². The van der Waals surface area contributed by atoms with E-state index in [0.29, 0.717) is 13.2 Å². The number of unbranched alkanes of at least 4 members (excludes halogenated alkanes) is 5. The number of allylic oxidation sites excluding steroid dienone is 1. The van der Waals surface area contributed by atoms with Gasteiger partial charge < -0.3 is 15.2 Å². The Morgan fingerprint density at radius 3 is 2.63 bits per heavy atom. The maximum absolute atomic E-state index is 9.67. The lowest BCUT2D eigenvalue weighted by Gasteiger charge is -2.12. The lowest BCUT2D eigenvalue weighted by molar-refractivity contribution is 0.0356. The summed E-state index contributed by atoms with van der Waals surface area (Å²) in [6.45, 7) is 7.02. The monoisotopic (exact) mass is 271 g/mol. The molecule has 0 saturated carbocycles. The summed E-state index contributed by atoms with van der Waals surface area (Å²) in [6, 6.07) is 0. The fourth-order valence-corrected chi connectivity index (χ4v) is 1.88. The zero-order valence-corrected chi connectivity index (χ0v) is 12.9.